The van der Waals surface area contributed by atoms with Gasteiger partial charge in [0.2, 0.25) is 0 Å². The van der Waals surface area contributed by atoms with Crippen molar-refractivity contribution in [2.75, 3.05) is 32.8 Å². The molecule has 8 heteroatoms. The van der Waals surface area contributed by atoms with E-state index in [1.54, 1.807) is 17.5 Å². The molecular weight excluding hydrogens is 422 g/mol. The molecule has 0 aliphatic carbocycles. The average Bonchev–Trinajstić information content (AvgIpc) is 3.37. The number of hydrogen-bond donors (Lipinski definition) is 2. The van der Waals surface area contributed by atoms with Crippen LogP contribution in [-0.2, 0) is 17.6 Å². The van der Waals surface area contributed by atoms with Crippen LogP contribution in [0, 0.1) is 0 Å². The number of benzene rings is 1. The molecule has 2 N–H and O–H groups in total. The summed E-state index contributed by atoms with van der Waals surface area (Å²) in [6.07, 6.45) is 2.39. The smallest absolute Gasteiger partial charge is 0.264 e. The van der Waals surface area contributed by atoms with Crippen LogP contribution < -0.4 is 10.1 Å². The summed E-state index contributed by atoms with van der Waals surface area (Å²) in [6, 6.07) is 7.78. The number of nitrogens with zero attached hydrogens (tertiary/aromatic N) is 2. The second-order valence-corrected chi connectivity index (χ2v) is 9.16. The second-order valence-electron chi connectivity index (χ2n) is 7.59. The van der Waals surface area contributed by atoms with E-state index in [2.05, 4.69) is 10.3 Å². The molecule has 4 heterocycles. The first-order valence-corrected chi connectivity index (χ1v) is 11.3. The van der Waals surface area contributed by atoms with Crippen molar-refractivity contribution in [1.29, 1.82) is 0 Å². The first-order chi connectivity index (χ1) is 14.6. The quantitative estimate of drug-likeness (QED) is 0.648. The molecule has 1 aromatic carbocycles. The number of ether oxygens (including phenoxy) is 1. The fourth-order valence-corrected chi connectivity index (χ4v) is 5.56. The number of rotatable bonds is 4. The Morgan fingerprint density at radius 1 is 1.30 bits per heavy atom. The Labute approximate surface area is 183 Å². The molecule has 5 rings (SSSR count). The molecule has 2 aliphatic heterocycles. The monoisotopic (exact) mass is 443 g/mol. The van der Waals surface area contributed by atoms with Gasteiger partial charge in [-0.3, -0.25) is 9.78 Å². The topological polar surface area (TPSA) is 74.7 Å². The van der Waals surface area contributed by atoms with E-state index in [4.69, 9.17) is 16.3 Å². The Kier molecular flexibility index (Phi) is 5.37. The van der Waals surface area contributed by atoms with Crippen molar-refractivity contribution in [3.8, 4) is 16.9 Å². The number of hydrogen-bond acceptors (Lipinski definition) is 6. The maximum absolute atomic E-state index is 13.0. The summed E-state index contributed by atoms with van der Waals surface area (Å²) in [5.74, 6) is 0.772. The number of thiophene rings is 1. The number of aliphatic hydroxyl groups excluding tert-OH is 1. The number of halogens is 1. The zero-order valence-electron chi connectivity index (χ0n) is 16.4. The number of fused-ring (bicyclic) bond motifs is 2. The van der Waals surface area contributed by atoms with E-state index in [0.29, 0.717) is 31.0 Å². The molecule has 2 aromatic heterocycles. The van der Waals surface area contributed by atoms with Crippen molar-refractivity contribution in [3.05, 3.63) is 45.9 Å². The van der Waals surface area contributed by atoms with Crippen LogP contribution in [0.2, 0.25) is 5.02 Å². The van der Waals surface area contributed by atoms with Gasteiger partial charge in [-0.05, 0) is 24.3 Å². The SMILES string of the molecule is O=C([C@H]1Cc2cc(Cl)cc(-c3ccnc4cc(CCO)sc34)c2O1)N1CCNCC1. The van der Waals surface area contributed by atoms with E-state index < -0.39 is 6.10 Å². The van der Waals surface area contributed by atoms with Gasteiger partial charge in [0.1, 0.15) is 5.75 Å². The van der Waals surface area contributed by atoms with Crippen LogP contribution in [0.25, 0.3) is 21.3 Å². The molecule has 3 aromatic rings. The molecule has 0 unspecified atom stereocenters. The normalized spacial score (nSPS) is 18.5. The summed E-state index contributed by atoms with van der Waals surface area (Å²) >= 11 is 8.08. The van der Waals surface area contributed by atoms with Gasteiger partial charge in [0.15, 0.2) is 6.10 Å². The third kappa shape index (κ3) is 3.56. The van der Waals surface area contributed by atoms with E-state index in [9.17, 15) is 9.90 Å². The standard InChI is InChI=1S/C22H22ClN3O3S/c23-14-9-13-10-19(22(28)26-6-4-24-5-7-26)29-20(13)17(11-14)16-1-3-25-18-12-15(2-8-27)30-21(16)18/h1,3,9,11-12,19,24,27H,2,4-8,10H2/t19-/m1/s1. The highest BCUT2D eigenvalue weighted by Gasteiger charge is 2.35. The number of piperazine rings is 1. The summed E-state index contributed by atoms with van der Waals surface area (Å²) in [5, 5.41) is 13.2. The minimum absolute atomic E-state index is 0.0380. The van der Waals surface area contributed by atoms with Gasteiger partial charge in [0.25, 0.3) is 5.91 Å². The molecule has 1 amide bonds. The van der Waals surface area contributed by atoms with Crippen LogP contribution in [-0.4, -0.2) is 59.8 Å². The first kappa shape index (κ1) is 19.8. The van der Waals surface area contributed by atoms with Gasteiger partial charge in [-0.2, -0.15) is 0 Å². The molecule has 1 atom stereocenters. The minimum atomic E-state index is -0.513. The third-order valence-electron chi connectivity index (χ3n) is 5.61. The molecule has 156 valence electrons. The largest absolute Gasteiger partial charge is 0.479 e. The number of pyridine rings is 1. The van der Waals surface area contributed by atoms with Crippen LogP contribution in [0.15, 0.2) is 30.5 Å². The molecule has 2 aliphatic rings. The lowest BCUT2D eigenvalue weighted by Crippen LogP contribution is -2.50. The average molecular weight is 444 g/mol. The number of nitrogens with one attached hydrogen (secondary N) is 1. The molecule has 1 saturated heterocycles. The summed E-state index contributed by atoms with van der Waals surface area (Å²) < 4.78 is 7.27. The van der Waals surface area contributed by atoms with Gasteiger partial charge in [-0.15, -0.1) is 11.3 Å². The molecule has 30 heavy (non-hydrogen) atoms. The third-order valence-corrected chi connectivity index (χ3v) is 7.05. The number of aliphatic hydroxyl groups is 1. The van der Waals surface area contributed by atoms with Crippen LogP contribution in [0.1, 0.15) is 10.4 Å². The van der Waals surface area contributed by atoms with E-state index >= 15 is 0 Å². The number of amides is 1. The zero-order chi connectivity index (χ0) is 20.7. The highest BCUT2D eigenvalue weighted by Crippen LogP contribution is 2.44. The lowest BCUT2D eigenvalue weighted by molar-refractivity contribution is -0.138. The number of aromatic nitrogens is 1. The fraction of sp³-hybridized carbons (Fsp3) is 0.364. The van der Waals surface area contributed by atoms with E-state index in [1.165, 1.54) is 0 Å². The van der Waals surface area contributed by atoms with Crippen molar-refractivity contribution < 1.29 is 14.6 Å². The van der Waals surface area contributed by atoms with Crippen LogP contribution in [0.5, 0.6) is 5.75 Å². The van der Waals surface area contributed by atoms with Crippen molar-refractivity contribution in [2.24, 2.45) is 0 Å². The van der Waals surface area contributed by atoms with Gasteiger partial charge in [-0.1, -0.05) is 11.6 Å². The van der Waals surface area contributed by atoms with Crippen molar-refractivity contribution in [3.63, 3.8) is 0 Å². The maximum Gasteiger partial charge on any atom is 0.264 e. The molecule has 0 spiro atoms. The number of carbonyl (C=O) groups is 1. The van der Waals surface area contributed by atoms with Gasteiger partial charge >= 0.3 is 0 Å². The lowest BCUT2D eigenvalue weighted by atomic mass is 10.0. The van der Waals surface area contributed by atoms with Crippen LogP contribution >= 0.6 is 22.9 Å². The molecular formula is C22H22ClN3O3S. The molecule has 0 bridgehead atoms. The van der Waals surface area contributed by atoms with Gasteiger partial charge < -0.3 is 20.1 Å². The van der Waals surface area contributed by atoms with Gasteiger partial charge in [0.05, 0.1) is 10.2 Å². The second kappa shape index (κ2) is 8.15. The Balaban J connectivity index is 1.52. The molecule has 6 nitrogen and oxygen atoms in total. The van der Waals surface area contributed by atoms with Crippen molar-refractivity contribution in [1.82, 2.24) is 15.2 Å². The Morgan fingerprint density at radius 3 is 2.93 bits per heavy atom. The summed E-state index contributed by atoms with van der Waals surface area (Å²) in [7, 11) is 0. The van der Waals surface area contributed by atoms with Crippen molar-refractivity contribution in [2.45, 2.75) is 18.9 Å². The Morgan fingerprint density at radius 2 is 2.13 bits per heavy atom. The lowest BCUT2D eigenvalue weighted by Gasteiger charge is -2.29. The first-order valence-electron chi connectivity index (χ1n) is 10.1. The van der Waals surface area contributed by atoms with Crippen molar-refractivity contribution >= 4 is 39.1 Å². The predicted octanol–water partition coefficient (Wildman–Crippen LogP) is 2.89. The van der Waals surface area contributed by atoms with Crippen LogP contribution in [0.4, 0.5) is 0 Å². The highest BCUT2D eigenvalue weighted by atomic mass is 35.5. The zero-order valence-corrected chi connectivity index (χ0v) is 17.9. The molecule has 0 saturated carbocycles. The minimum Gasteiger partial charge on any atom is -0.479 e. The summed E-state index contributed by atoms with van der Waals surface area (Å²) in [4.78, 5) is 20.4. The predicted molar refractivity (Wildman–Crippen MR) is 118 cm³/mol. The highest BCUT2D eigenvalue weighted by molar-refractivity contribution is 7.19. The Bertz CT molecular complexity index is 1110. The van der Waals surface area contributed by atoms with E-state index in [-0.39, 0.29) is 12.5 Å². The number of carbonyl (C=O) groups excluding carboxylic acids is 1. The Hall–Kier alpha value is -2.19. The van der Waals surface area contributed by atoms with Crippen LogP contribution in [0.3, 0.4) is 0 Å². The molecule has 0 radical (unpaired) electrons. The maximum atomic E-state index is 13.0. The summed E-state index contributed by atoms with van der Waals surface area (Å²) in [5.41, 5.74) is 3.73. The van der Waals surface area contributed by atoms with Gasteiger partial charge in [-0.25, -0.2) is 0 Å². The van der Waals surface area contributed by atoms with E-state index in [0.717, 1.165) is 50.6 Å². The fourth-order valence-electron chi connectivity index (χ4n) is 4.18. The van der Waals surface area contributed by atoms with Gasteiger partial charge in [0, 0.05) is 78.4 Å². The summed E-state index contributed by atoms with van der Waals surface area (Å²) in [6.45, 7) is 3.14. The molecule has 1 fully saturated rings. The van der Waals surface area contributed by atoms with E-state index in [1.807, 2.05) is 29.2 Å².